The first-order valence-corrected chi connectivity index (χ1v) is 5.65. The Morgan fingerprint density at radius 3 is 2.76 bits per heavy atom. The number of halogens is 1. The van der Waals surface area contributed by atoms with Gasteiger partial charge < -0.3 is 9.73 Å². The molecule has 0 spiro atoms. The highest BCUT2D eigenvalue weighted by molar-refractivity contribution is 5.27. The van der Waals surface area contributed by atoms with Crippen LogP contribution < -0.4 is 5.32 Å². The van der Waals surface area contributed by atoms with E-state index in [1.165, 1.54) is 0 Å². The summed E-state index contributed by atoms with van der Waals surface area (Å²) in [5.74, 6) is -0.157. The lowest BCUT2D eigenvalue weighted by atomic mass is 9.99. The van der Waals surface area contributed by atoms with Gasteiger partial charge in [0, 0.05) is 6.04 Å². The normalized spacial score (nSPS) is 12.6. The van der Waals surface area contributed by atoms with Crippen molar-refractivity contribution >= 4 is 0 Å². The van der Waals surface area contributed by atoms with Gasteiger partial charge >= 0.3 is 0 Å². The number of hydrogen-bond donors (Lipinski definition) is 1. The fraction of sp³-hybridized carbons (Fsp3) is 0.286. The van der Waals surface area contributed by atoms with Crippen molar-refractivity contribution in [3.63, 3.8) is 0 Å². The summed E-state index contributed by atoms with van der Waals surface area (Å²) in [5, 5.41) is 3.19. The van der Waals surface area contributed by atoms with E-state index in [-0.39, 0.29) is 11.9 Å². The summed E-state index contributed by atoms with van der Waals surface area (Å²) >= 11 is 0. The van der Waals surface area contributed by atoms with Crippen molar-refractivity contribution in [2.45, 2.75) is 19.4 Å². The quantitative estimate of drug-likeness (QED) is 0.877. The molecule has 2 aromatic rings. The topological polar surface area (TPSA) is 25.2 Å². The summed E-state index contributed by atoms with van der Waals surface area (Å²) < 4.78 is 18.5. The maximum Gasteiger partial charge on any atom is 0.126 e. The van der Waals surface area contributed by atoms with E-state index in [9.17, 15) is 4.39 Å². The molecular weight excluding hydrogens is 217 g/mol. The Bertz CT molecular complexity index is 479. The molecule has 1 N–H and O–H groups in total. The van der Waals surface area contributed by atoms with Crippen LogP contribution in [0.1, 0.15) is 22.7 Å². The second kappa shape index (κ2) is 5.15. The highest BCUT2D eigenvalue weighted by Crippen LogP contribution is 2.20. The Morgan fingerprint density at radius 1 is 1.35 bits per heavy atom. The molecule has 0 aliphatic heterocycles. The molecule has 1 unspecified atom stereocenters. The Morgan fingerprint density at radius 2 is 2.18 bits per heavy atom. The molecule has 2 nitrogen and oxygen atoms in total. The fourth-order valence-electron chi connectivity index (χ4n) is 1.86. The van der Waals surface area contributed by atoms with Gasteiger partial charge in [0.25, 0.3) is 0 Å². The molecule has 0 amide bonds. The number of benzene rings is 1. The van der Waals surface area contributed by atoms with Gasteiger partial charge in [-0.3, -0.25) is 0 Å². The number of furan rings is 1. The first-order valence-electron chi connectivity index (χ1n) is 5.65. The Balaban J connectivity index is 2.20. The predicted octanol–water partition coefficient (Wildman–Crippen LogP) is 3.23. The second-order valence-electron chi connectivity index (χ2n) is 4.19. The average Bonchev–Trinajstić information content (AvgIpc) is 2.82. The maximum absolute atomic E-state index is 13.5. The van der Waals surface area contributed by atoms with Gasteiger partial charge in [-0.2, -0.15) is 0 Å². The van der Waals surface area contributed by atoms with Crippen molar-refractivity contribution < 1.29 is 8.81 Å². The highest BCUT2D eigenvalue weighted by Gasteiger charge is 2.12. The molecular formula is C14H16FNO. The molecule has 0 saturated carbocycles. The number of likely N-dealkylation sites (N-methyl/N-ethyl adjacent to an activating group) is 1. The van der Waals surface area contributed by atoms with Crippen LogP contribution >= 0.6 is 0 Å². The lowest BCUT2D eigenvalue weighted by Crippen LogP contribution is -2.18. The summed E-state index contributed by atoms with van der Waals surface area (Å²) in [5.41, 5.74) is 2.73. The van der Waals surface area contributed by atoms with Crippen LogP contribution in [0.15, 0.2) is 41.2 Å². The largest absolute Gasteiger partial charge is 0.472 e. The predicted molar refractivity (Wildman–Crippen MR) is 65.3 cm³/mol. The third kappa shape index (κ3) is 2.74. The summed E-state index contributed by atoms with van der Waals surface area (Å²) in [6.45, 7) is 1.77. The minimum atomic E-state index is -0.157. The molecule has 1 aromatic carbocycles. The zero-order valence-corrected chi connectivity index (χ0v) is 10.0. The van der Waals surface area contributed by atoms with Gasteiger partial charge in [-0.1, -0.05) is 12.1 Å². The van der Waals surface area contributed by atoms with E-state index in [1.54, 1.807) is 25.5 Å². The van der Waals surface area contributed by atoms with Crippen molar-refractivity contribution in [2.75, 3.05) is 7.05 Å². The van der Waals surface area contributed by atoms with Crippen molar-refractivity contribution in [1.29, 1.82) is 0 Å². The van der Waals surface area contributed by atoms with Crippen molar-refractivity contribution in [3.05, 3.63) is 59.3 Å². The van der Waals surface area contributed by atoms with E-state index in [0.717, 1.165) is 17.5 Å². The summed E-state index contributed by atoms with van der Waals surface area (Å²) in [6, 6.07) is 7.39. The van der Waals surface area contributed by atoms with E-state index >= 15 is 0 Å². The zero-order valence-electron chi connectivity index (χ0n) is 10.0. The lowest BCUT2D eigenvalue weighted by Gasteiger charge is -2.16. The Kier molecular flexibility index (Phi) is 3.59. The molecule has 17 heavy (non-hydrogen) atoms. The minimum absolute atomic E-state index is 0.0997. The summed E-state index contributed by atoms with van der Waals surface area (Å²) in [7, 11) is 1.88. The van der Waals surface area contributed by atoms with Gasteiger partial charge in [0.2, 0.25) is 0 Å². The lowest BCUT2D eigenvalue weighted by molar-refractivity contribution is 0.549. The monoisotopic (exact) mass is 233 g/mol. The first-order chi connectivity index (χ1) is 8.20. The molecule has 90 valence electrons. The molecule has 1 atom stereocenters. The van der Waals surface area contributed by atoms with Gasteiger partial charge in [0.15, 0.2) is 0 Å². The highest BCUT2D eigenvalue weighted by atomic mass is 19.1. The van der Waals surface area contributed by atoms with Crippen LogP contribution in [0.25, 0.3) is 0 Å². The third-order valence-corrected chi connectivity index (χ3v) is 2.97. The van der Waals surface area contributed by atoms with Crippen LogP contribution in [0.2, 0.25) is 0 Å². The Labute approximate surface area is 100 Å². The number of aryl methyl sites for hydroxylation is 1. The van der Waals surface area contributed by atoms with Crippen LogP contribution in [0.3, 0.4) is 0 Å². The fourth-order valence-corrected chi connectivity index (χ4v) is 1.86. The van der Waals surface area contributed by atoms with Crippen LogP contribution in [-0.4, -0.2) is 7.05 Å². The molecule has 0 aliphatic rings. The van der Waals surface area contributed by atoms with E-state index in [1.807, 2.05) is 25.2 Å². The summed E-state index contributed by atoms with van der Waals surface area (Å²) in [6.07, 6.45) is 4.15. The Hall–Kier alpha value is -1.61. The van der Waals surface area contributed by atoms with E-state index in [0.29, 0.717) is 5.56 Å². The van der Waals surface area contributed by atoms with Crippen LogP contribution in [0, 0.1) is 12.7 Å². The van der Waals surface area contributed by atoms with Gasteiger partial charge in [-0.15, -0.1) is 0 Å². The smallest absolute Gasteiger partial charge is 0.126 e. The molecule has 1 aromatic heterocycles. The van der Waals surface area contributed by atoms with Crippen LogP contribution in [0.5, 0.6) is 0 Å². The minimum Gasteiger partial charge on any atom is -0.472 e. The average molecular weight is 233 g/mol. The SMILES string of the molecule is CNC(Cc1ccoc1)c1ccc(C)c(F)c1. The van der Waals surface area contributed by atoms with Gasteiger partial charge in [0.1, 0.15) is 5.82 Å². The van der Waals surface area contributed by atoms with Gasteiger partial charge in [0.05, 0.1) is 12.5 Å². The third-order valence-electron chi connectivity index (χ3n) is 2.97. The first kappa shape index (κ1) is 11.9. The summed E-state index contributed by atoms with van der Waals surface area (Å²) in [4.78, 5) is 0. The van der Waals surface area contributed by atoms with Crippen molar-refractivity contribution in [2.24, 2.45) is 0 Å². The number of hydrogen-bond acceptors (Lipinski definition) is 2. The molecule has 0 fully saturated rings. The van der Waals surface area contributed by atoms with Crippen LogP contribution in [0.4, 0.5) is 4.39 Å². The second-order valence-corrected chi connectivity index (χ2v) is 4.19. The molecule has 0 saturated heterocycles. The number of rotatable bonds is 4. The van der Waals surface area contributed by atoms with E-state index in [2.05, 4.69) is 5.32 Å². The molecule has 2 rings (SSSR count). The zero-order chi connectivity index (χ0) is 12.3. The molecule has 0 bridgehead atoms. The molecule has 0 radical (unpaired) electrons. The van der Waals surface area contributed by atoms with E-state index < -0.39 is 0 Å². The van der Waals surface area contributed by atoms with Gasteiger partial charge in [-0.05, 0) is 49.2 Å². The van der Waals surface area contributed by atoms with Gasteiger partial charge in [-0.25, -0.2) is 4.39 Å². The molecule has 0 aliphatic carbocycles. The van der Waals surface area contributed by atoms with Crippen molar-refractivity contribution in [1.82, 2.24) is 5.32 Å². The van der Waals surface area contributed by atoms with Crippen LogP contribution in [-0.2, 0) is 6.42 Å². The van der Waals surface area contributed by atoms with E-state index in [4.69, 9.17) is 4.42 Å². The molecule has 3 heteroatoms. The standard InChI is InChI=1S/C14H16FNO/c1-10-3-4-12(8-13(10)15)14(16-2)7-11-5-6-17-9-11/h3-6,8-9,14,16H,7H2,1-2H3. The molecule has 1 heterocycles. The number of nitrogens with one attached hydrogen (secondary N) is 1. The van der Waals surface area contributed by atoms with Crippen molar-refractivity contribution in [3.8, 4) is 0 Å². The maximum atomic E-state index is 13.5.